The number of piperidine rings is 1. The number of benzene rings is 1. The van der Waals surface area contributed by atoms with Crippen molar-refractivity contribution in [1.82, 2.24) is 4.90 Å². The van der Waals surface area contributed by atoms with Gasteiger partial charge < -0.3 is 16.0 Å². The fourth-order valence-electron chi connectivity index (χ4n) is 2.35. The van der Waals surface area contributed by atoms with Gasteiger partial charge in [-0.15, -0.1) is 0 Å². The van der Waals surface area contributed by atoms with Crippen LogP contribution in [-0.4, -0.2) is 36.1 Å². The minimum absolute atomic E-state index is 0.401. The second-order valence-electron chi connectivity index (χ2n) is 4.80. The Morgan fingerprint density at radius 3 is 3.00 bits per heavy atom. The molecule has 0 amide bonds. The Labute approximate surface area is 118 Å². The third-order valence-electron chi connectivity index (χ3n) is 3.23. The summed E-state index contributed by atoms with van der Waals surface area (Å²) in [4.78, 5) is 2.73. The van der Waals surface area contributed by atoms with E-state index in [9.17, 15) is 0 Å². The summed E-state index contributed by atoms with van der Waals surface area (Å²) in [6.45, 7) is 2.19. The van der Waals surface area contributed by atoms with E-state index < -0.39 is 0 Å². The molecule has 3 nitrogen and oxygen atoms in total. The van der Waals surface area contributed by atoms with Crippen molar-refractivity contribution in [2.45, 2.75) is 18.9 Å². The first-order valence-electron chi connectivity index (χ1n) is 6.10. The van der Waals surface area contributed by atoms with Gasteiger partial charge in [0.05, 0.1) is 0 Å². The lowest BCUT2D eigenvalue weighted by Gasteiger charge is -2.31. The molecule has 2 rings (SSSR count). The van der Waals surface area contributed by atoms with E-state index in [4.69, 9.17) is 29.6 Å². The van der Waals surface area contributed by atoms with Crippen molar-refractivity contribution in [2.24, 2.45) is 5.73 Å². The standard InChI is InChI=1S/C13H18ClN3S/c1-17-6-2-3-10(8-17)16-12-7-9(14)4-5-11(12)13(15)18/h4-5,7,10,16H,2-3,6,8H2,1H3,(H2,15,18). The van der Waals surface area contributed by atoms with E-state index in [-0.39, 0.29) is 0 Å². The van der Waals surface area contributed by atoms with E-state index in [0.29, 0.717) is 16.1 Å². The molecule has 1 heterocycles. The molecule has 0 aromatic heterocycles. The van der Waals surface area contributed by atoms with Crippen molar-refractivity contribution in [3.63, 3.8) is 0 Å². The minimum Gasteiger partial charge on any atom is -0.389 e. The van der Waals surface area contributed by atoms with Crippen LogP contribution in [0.15, 0.2) is 18.2 Å². The minimum atomic E-state index is 0.401. The quantitative estimate of drug-likeness (QED) is 0.837. The molecule has 0 aliphatic carbocycles. The topological polar surface area (TPSA) is 41.3 Å². The molecule has 98 valence electrons. The molecule has 0 radical (unpaired) electrons. The van der Waals surface area contributed by atoms with Gasteiger partial charge in [-0.3, -0.25) is 0 Å². The molecule has 1 aliphatic heterocycles. The molecule has 1 unspecified atom stereocenters. The highest BCUT2D eigenvalue weighted by Crippen LogP contribution is 2.23. The summed E-state index contributed by atoms with van der Waals surface area (Å²) in [6.07, 6.45) is 2.37. The van der Waals surface area contributed by atoms with E-state index in [1.165, 1.54) is 6.42 Å². The number of hydrogen-bond acceptors (Lipinski definition) is 3. The number of rotatable bonds is 3. The first-order chi connectivity index (χ1) is 8.56. The van der Waals surface area contributed by atoms with Gasteiger partial charge in [-0.2, -0.15) is 0 Å². The van der Waals surface area contributed by atoms with Gasteiger partial charge in [0.1, 0.15) is 4.99 Å². The van der Waals surface area contributed by atoms with E-state index in [0.717, 1.165) is 30.8 Å². The van der Waals surface area contributed by atoms with Crippen LogP contribution in [0.5, 0.6) is 0 Å². The maximum absolute atomic E-state index is 6.03. The molecule has 1 atom stereocenters. The van der Waals surface area contributed by atoms with Gasteiger partial charge in [-0.05, 0) is 44.6 Å². The number of likely N-dealkylation sites (tertiary alicyclic amines) is 1. The largest absolute Gasteiger partial charge is 0.389 e. The van der Waals surface area contributed by atoms with Crippen LogP contribution in [0.3, 0.4) is 0 Å². The van der Waals surface area contributed by atoms with Gasteiger partial charge >= 0.3 is 0 Å². The molecule has 18 heavy (non-hydrogen) atoms. The van der Waals surface area contributed by atoms with E-state index in [1.54, 1.807) is 0 Å². The van der Waals surface area contributed by atoms with Crippen LogP contribution in [0.25, 0.3) is 0 Å². The van der Waals surface area contributed by atoms with Gasteiger partial charge in [-0.25, -0.2) is 0 Å². The summed E-state index contributed by atoms with van der Waals surface area (Å²) in [7, 11) is 2.14. The van der Waals surface area contributed by atoms with Crippen molar-refractivity contribution in [2.75, 3.05) is 25.5 Å². The van der Waals surface area contributed by atoms with E-state index >= 15 is 0 Å². The monoisotopic (exact) mass is 283 g/mol. The summed E-state index contributed by atoms with van der Waals surface area (Å²) in [6, 6.07) is 6.01. The lowest BCUT2D eigenvalue weighted by Crippen LogP contribution is -2.40. The molecule has 1 aromatic carbocycles. The molecule has 3 N–H and O–H groups in total. The summed E-state index contributed by atoms with van der Waals surface area (Å²) in [5.41, 5.74) is 7.54. The van der Waals surface area contributed by atoms with Crippen molar-refractivity contribution in [3.05, 3.63) is 28.8 Å². The smallest absolute Gasteiger partial charge is 0.106 e. The first kappa shape index (κ1) is 13.6. The fraction of sp³-hybridized carbons (Fsp3) is 0.462. The van der Waals surface area contributed by atoms with Crippen molar-refractivity contribution < 1.29 is 0 Å². The zero-order valence-corrected chi connectivity index (χ0v) is 12.0. The number of anilines is 1. The van der Waals surface area contributed by atoms with Crippen molar-refractivity contribution >= 4 is 34.5 Å². The van der Waals surface area contributed by atoms with Crippen molar-refractivity contribution in [3.8, 4) is 0 Å². The Morgan fingerprint density at radius 2 is 2.33 bits per heavy atom. The van der Waals surface area contributed by atoms with Crippen LogP contribution in [0.4, 0.5) is 5.69 Å². The number of thiocarbonyl (C=S) groups is 1. The van der Waals surface area contributed by atoms with Gasteiger partial charge in [0.15, 0.2) is 0 Å². The molecule has 0 saturated carbocycles. The third-order valence-corrected chi connectivity index (χ3v) is 3.69. The molecule has 0 bridgehead atoms. The Bertz CT molecular complexity index is 450. The molecule has 1 fully saturated rings. The zero-order valence-electron chi connectivity index (χ0n) is 10.4. The highest BCUT2D eigenvalue weighted by molar-refractivity contribution is 7.80. The highest BCUT2D eigenvalue weighted by atomic mass is 35.5. The number of nitrogens with one attached hydrogen (secondary N) is 1. The summed E-state index contributed by atoms with van der Waals surface area (Å²) >= 11 is 11.1. The number of nitrogens with two attached hydrogens (primary N) is 1. The summed E-state index contributed by atoms with van der Waals surface area (Å²) in [5.74, 6) is 0. The van der Waals surface area contributed by atoms with E-state index in [2.05, 4.69) is 17.3 Å². The predicted octanol–water partition coefficient (Wildman–Crippen LogP) is 2.48. The van der Waals surface area contributed by atoms with Crippen LogP contribution in [-0.2, 0) is 0 Å². The number of likely N-dealkylation sites (N-methyl/N-ethyl adjacent to an activating group) is 1. The average Bonchev–Trinajstić information content (AvgIpc) is 2.28. The van der Waals surface area contributed by atoms with Crippen LogP contribution < -0.4 is 11.1 Å². The third kappa shape index (κ3) is 3.34. The molecule has 0 spiro atoms. The van der Waals surface area contributed by atoms with Crippen molar-refractivity contribution in [1.29, 1.82) is 0 Å². The maximum atomic E-state index is 6.03. The molecule has 1 aliphatic rings. The normalized spacial score (nSPS) is 20.7. The second kappa shape index (κ2) is 5.87. The Hall–Kier alpha value is -0.840. The van der Waals surface area contributed by atoms with Crippen LogP contribution in [0.2, 0.25) is 5.02 Å². The molecular formula is C13H18ClN3S. The Kier molecular flexibility index (Phi) is 4.43. The van der Waals surface area contributed by atoms with Crippen LogP contribution in [0.1, 0.15) is 18.4 Å². The van der Waals surface area contributed by atoms with Crippen LogP contribution in [0, 0.1) is 0 Å². The molecule has 5 heteroatoms. The molecular weight excluding hydrogens is 266 g/mol. The Balaban J connectivity index is 2.16. The van der Waals surface area contributed by atoms with Gasteiger partial charge in [-0.1, -0.05) is 23.8 Å². The summed E-state index contributed by atoms with van der Waals surface area (Å²) in [5, 5.41) is 4.20. The average molecular weight is 284 g/mol. The zero-order chi connectivity index (χ0) is 13.1. The van der Waals surface area contributed by atoms with Gasteiger partial charge in [0.25, 0.3) is 0 Å². The van der Waals surface area contributed by atoms with Gasteiger partial charge in [0, 0.05) is 28.9 Å². The highest BCUT2D eigenvalue weighted by Gasteiger charge is 2.18. The number of hydrogen-bond donors (Lipinski definition) is 2. The predicted molar refractivity (Wildman–Crippen MR) is 81.5 cm³/mol. The van der Waals surface area contributed by atoms with Gasteiger partial charge in [0.2, 0.25) is 0 Å². The summed E-state index contributed by atoms with van der Waals surface area (Å²) < 4.78 is 0. The Morgan fingerprint density at radius 1 is 1.56 bits per heavy atom. The maximum Gasteiger partial charge on any atom is 0.106 e. The molecule has 1 saturated heterocycles. The SMILES string of the molecule is CN1CCCC(Nc2cc(Cl)ccc2C(N)=S)C1. The lowest BCUT2D eigenvalue weighted by atomic mass is 10.0. The fourth-order valence-corrected chi connectivity index (χ4v) is 2.70. The number of nitrogens with zero attached hydrogens (tertiary/aromatic N) is 1. The second-order valence-corrected chi connectivity index (χ2v) is 5.68. The van der Waals surface area contributed by atoms with E-state index in [1.807, 2.05) is 18.2 Å². The van der Waals surface area contributed by atoms with Crippen LogP contribution >= 0.6 is 23.8 Å². The lowest BCUT2D eigenvalue weighted by molar-refractivity contribution is 0.261. The number of halogens is 1. The first-order valence-corrected chi connectivity index (χ1v) is 6.89. The molecule has 1 aromatic rings.